The van der Waals surface area contributed by atoms with Crippen molar-refractivity contribution in [3.63, 3.8) is 0 Å². The quantitative estimate of drug-likeness (QED) is 0.885. The molecule has 1 aliphatic rings. The summed E-state index contributed by atoms with van der Waals surface area (Å²) in [5, 5.41) is 1.63. The Bertz CT molecular complexity index is 408. The molecular weight excluding hydrogens is 240 g/mol. The highest BCUT2D eigenvalue weighted by Crippen LogP contribution is 2.41. The van der Waals surface area contributed by atoms with Gasteiger partial charge >= 0.3 is 0 Å². The van der Waals surface area contributed by atoms with E-state index in [4.69, 9.17) is 5.73 Å². The third-order valence-corrected chi connectivity index (χ3v) is 5.24. The zero-order valence-electron chi connectivity index (χ0n) is 11.9. The second-order valence-electron chi connectivity index (χ2n) is 6.19. The molecule has 0 spiro atoms. The van der Waals surface area contributed by atoms with Gasteiger partial charge in [-0.05, 0) is 49.8 Å². The number of pyridine rings is 1. The van der Waals surface area contributed by atoms with Crippen LogP contribution in [0.25, 0.3) is 0 Å². The molecule has 2 nitrogen and oxygen atoms in total. The molecule has 1 aliphatic carbocycles. The SMILES string of the molecule is Cc1cc(C)nc(SC2CCCC(C)(C)C2N)c1. The van der Waals surface area contributed by atoms with E-state index in [2.05, 4.69) is 44.8 Å². The normalized spacial score (nSPS) is 27.2. The number of hydrogen-bond donors (Lipinski definition) is 1. The summed E-state index contributed by atoms with van der Waals surface area (Å²) in [6, 6.07) is 4.56. The topological polar surface area (TPSA) is 38.9 Å². The van der Waals surface area contributed by atoms with Gasteiger partial charge in [0.25, 0.3) is 0 Å². The van der Waals surface area contributed by atoms with Gasteiger partial charge in [-0.15, -0.1) is 11.8 Å². The minimum Gasteiger partial charge on any atom is -0.326 e. The number of aromatic nitrogens is 1. The average molecular weight is 264 g/mol. The molecular formula is C15H24N2S. The van der Waals surface area contributed by atoms with Crippen LogP contribution >= 0.6 is 11.8 Å². The Hall–Kier alpha value is -0.540. The van der Waals surface area contributed by atoms with Gasteiger partial charge in [0.15, 0.2) is 0 Å². The molecule has 2 rings (SSSR count). The molecule has 0 aromatic carbocycles. The van der Waals surface area contributed by atoms with Gasteiger partial charge in [0.1, 0.15) is 0 Å². The molecule has 2 atom stereocenters. The van der Waals surface area contributed by atoms with Crippen molar-refractivity contribution in [2.24, 2.45) is 11.1 Å². The molecule has 0 aliphatic heterocycles. The van der Waals surface area contributed by atoms with Crippen molar-refractivity contribution in [1.29, 1.82) is 0 Å². The first-order valence-corrected chi connectivity index (χ1v) is 7.64. The van der Waals surface area contributed by atoms with E-state index in [-0.39, 0.29) is 11.5 Å². The van der Waals surface area contributed by atoms with Gasteiger partial charge in [0.05, 0.1) is 5.03 Å². The fraction of sp³-hybridized carbons (Fsp3) is 0.667. The fourth-order valence-corrected chi connectivity index (χ4v) is 4.32. The van der Waals surface area contributed by atoms with Crippen LogP contribution in [0.3, 0.4) is 0 Å². The van der Waals surface area contributed by atoms with Gasteiger partial charge < -0.3 is 5.73 Å². The lowest BCUT2D eigenvalue weighted by Crippen LogP contribution is -2.48. The summed E-state index contributed by atoms with van der Waals surface area (Å²) in [6.07, 6.45) is 3.73. The molecule has 2 unspecified atom stereocenters. The van der Waals surface area contributed by atoms with E-state index in [0.717, 1.165) is 10.7 Å². The molecule has 1 aromatic rings. The van der Waals surface area contributed by atoms with Crippen molar-refractivity contribution in [2.45, 2.75) is 63.3 Å². The van der Waals surface area contributed by atoms with E-state index in [0.29, 0.717) is 5.25 Å². The lowest BCUT2D eigenvalue weighted by Gasteiger charge is -2.41. The number of thioether (sulfide) groups is 1. The van der Waals surface area contributed by atoms with Crippen LogP contribution < -0.4 is 5.73 Å². The fourth-order valence-electron chi connectivity index (χ4n) is 2.76. The van der Waals surface area contributed by atoms with Gasteiger partial charge in [-0.3, -0.25) is 0 Å². The lowest BCUT2D eigenvalue weighted by molar-refractivity contribution is 0.208. The first kappa shape index (κ1) is 13.9. The standard InChI is InChI=1S/C15H24N2S/c1-10-8-11(2)17-13(9-10)18-12-6-5-7-15(3,4)14(12)16/h8-9,12,14H,5-7,16H2,1-4H3. The Balaban J connectivity index is 2.13. The van der Waals surface area contributed by atoms with Crippen LogP contribution in [-0.4, -0.2) is 16.3 Å². The molecule has 1 saturated carbocycles. The van der Waals surface area contributed by atoms with Gasteiger partial charge in [0, 0.05) is 17.0 Å². The summed E-state index contributed by atoms with van der Waals surface area (Å²) in [5.74, 6) is 0. The van der Waals surface area contributed by atoms with E-state index in [1.807, 2.05) is 11.8 Å². The van der Waals surface area contributed by atoms with Crippen LogP contribution in [0.5, 0.6) is 0 Å². The number of hydrogen-bond acceptors (Lipinski definition) is 3. The van der Waals surface area contributed by atoms with Crippen molar-refractivity contribution in [3.05, 3.63) is 23.4 Å². The van der Waals surface area contributed by atoms with Gasteiger partial charge in [0.2, 0.25) is 0 Å². The Morgan fingerprint density at radius 1 is 1.33 bits per heavy atom. The maximum absolute atomic E-state index is 6.43. The molecule has 1 fully saturated rings. The zero-order valence-corrected chi connectivity index (χ0v) is 12.7. The average Bonchev–Trinajstić information content (AvgIpc) is 2.23. The Labute approximate surface area is 115 Å². The van der Waals surface area contributed by atoms with Crippen LogP contribution in [0.2, 0.25) is 0 Å². The van der Waals surface area contributed by atoms with Crippen molar-refractivity contribution < 1.29 is 0 Å². The van der Waals surface area contributed by atoms with Crippen molar-refractivity contribution in [2.75, 3.05) is 0 Å². The van der Waals surface area contributed by atoms with Crippen LogP contribution in [0.4, 0.5) is 0 Å². The molecule has 0 amide bonds. The number of nitrogens with zero attached hydrogens (tertiary/aromatic N) is 1. The van der Waals surface area contributed by atoms with Crippen LogP contribution in [0, 0.1) is 19.3 Å². The highest BCUT2D eigenvalue weighted by atomic mass is 32.2. The molecule has 3 heteroatoms. The first-order chi connectivity index (χ1) is 8.38. The number of aryl methyl sites for hydroxylation is 2. The van der Waals surface area contributed by atoms with Crippen LogP contribution in [-0.2, 0) is 0 Å². The monoisotopic (exact) mass is 264 g/mol. The molecule has 100 valence electrons. The van der Waals surface area contributed by atoms with E-state index < -0.39 is 0 Å². The van der Waals surface area contributed by atoms with E-state index in [9.17, 15) is 0 Å². The van der Waals surface area contributed by atoms with Gasteiger partial charge in [-0.1, -0.05) is 20.3 Å². The number of nitrogens with two attached hydrogens (primary N) is 1. The van der Waals surface area contributed by atoms with Gasteiger partial charge in [-0.2, -0.15) is 0 Å². The summed E-state index contributed by atoms with van der Waals surface area (Å²) in [7, 11) is 0. The summed E-state index contributed by atoms with van der Waals surface area (Å²) < 4.78 is 0. The highest BCUT2D eigenvalue weighted by Gasteiger charge is 2.36. The Morgan fingerprint density at radius 2 is 2.06 bits per heavy atom. The van der Waals surface area contributed by atoms with Gasteiger partial charge in [-0.25, -0.2) is 4.98 Å². The molecule has 0 radical (unpaired) electrons. The largest absolute Gasteiger partial charge is 0.326 e. The summed E-state index contributed by atoms with van der Waals surface area (Å²) in [6.45, 7) is 8.77. The zero-order chi connectivity index (χ0) is 13.3. The minimum absolute atomic E-state index is 0.259. The van der Waals surface area contributed by atoms with Crippen molar-refractivity contribution >= 4 is 11.8 Å². The van der Waals surface area contributed by atoms with E-state index in [1.54, 1.807) is 0 Å². The smallest absolute Gasteiger partial charge is 0.0968 e. The Kier molecular flexibility index (Phi) is 4.02. The predicted molar refractivity (Wildman–Crippen MR) is 79.0 cm³/mol. The molecule has 1 heterocycles. The van der Waals surface area contributed by atoms with Crippen LogP contribution in [0.15, 0.2) is 17.2 Å². The van der Waals surface area contributed by atoms with Crippen molar-refractivity contribution in [3.8, 4) is 0 Å². The highest BCUT2D eigenvalue weighted by molar-refractivity contribution is 7.99. The molecule has 18 heavy (non-hydrogen) atoms. The maximum atomic E-state index is 6.43. The first-order valence-electron chi connectivity index (χ1n) is 6.76. The minimum atomic E-state index is 0.259. The second-order valence-corrected chi connectivity index (χ2v) is 7.45. The van der Waals surface area contributed by atoms with E-state index in [1.165, 1.54) is 24.8 Å². The van der Waals surface area contributed by atoms with E-state index >= 15 is 0 Å². The summed E-state index contributed by atoms with van der Waals surface area (Å²) in [5.41, 5.74) is 9.07. The summed E-state index contributed by atoms with van der Waals surface area (Å²) in [4.78, 5) is 4.62. The van der Waals surface area contributed by atoms with Crippen molar-refractivity contribution in [1.82, 2.24) is 4.98 Å². The summed E-state index contributed by atoms with van der Waals surface area (Å²) >= 11 is 1.87. The third-order valence-electron chi connectivity index (χ3n) is 3.96. The predicted octanol–water partition coefficient (Wildman–Crippen LogP) is 3.70. The lowest BCUT2D eigenvalue weighted by atomic mass is 9.73. The molecule has 1 aromatic heterocycles. The molecule has 0 bridgehead atoms. The third kappa shape index (κ3) is 3.07. The Morgan fingerprint density at radius 3 is 2.72 bits per heavy atom. The molecule has 0 saturated heterocycles. The molecule has 2 N–H and O–H groups in total. The maximum Gasteiger partial charge on any atom is 0.0968 e. The second kappa shape index (κ2) is 5.22. The van der Waals surface area contributed by atoms with Crippen LogP contribution in [0.1, 0.15) is 44.4 Å². The number of rotatable bonds is 2.